The molecular formula is C16H20N2O4. The summed E-state index contributed by atoms with van der Waals surface area (Å²) in [6.07, 6.45) is 0.226. The Labute approximate surface area is 129 Å². The third kappa shape index (κ3) is 2.32. The van der Waals surface area contributed by atoms with Crippen LogP contribution in [0.4, 0.5) is 0 Å². The van der Waals surface area contributed by atoms with Crippen LogP contribution >= 0.6 is 0 Å². The van der Waals surface area contributed by atoms with E-state index in [1.54, 1.807) is 6.92 Å². The number of ether oxygens (including phenoxy) is 1. The van der Waals surface area contributed by atoms with E-state index in [-0.39, 0.29) is 23.0 Å². The molecule has 3 rings (SSSR count). The molecule has 1 aliphatic heterocycles. The zero-order valence-electron chi connectivity index (χ0n) is 12.6. The maximum atomic E-state index is 12.7. The minimum Gasteiger partial charge on any atom is -0.379 e. The summed E-state index contributed by atoms with van der Waals surface area (Å²) in [7, 11) is 0. The smallest absolute Gasteiger partial charge is 0.245 e. The highest BCUT2D eigenvalue weighted by molar-refractivity contribution is 5.92. The standard InChI is InChI=1S/C16H20N2O4/c1-16(17-7-9-22-10-8-17)14(19)11-13(15(16)18(20)21)12-5-3-2-4-6-12/h2-6,13,15H,7-11H2,1H3/t13-,15+,16-/m1/s1. The quantitative estimate of drug-likeness (QED) is 0.625. The summed E-state index contributed by atoms with van der Waals surface area (Å²) in [6, 6.07) is 8.44. The highest BCUT2D eigenvalue weighted by Crippen LogP contribution is 2.43. The number of Topliss-reactive ketones (excluding diaryl/α,β-unsaturated/α-hetero) is 1. The van der Waals surface area contributed by atoms with Gasteiger partial charge in [0.1, 0.15) is 5.54 Å². The lowest BCUT2D eigenvalue weighted by Crippen LogP contribution is -2.61. The van der Waals surface area contributed by atoms with Gasteiger partial charge in [-0.15, -0.1) is 0 Å². The highest BCUT2D eigenvalue weighted by atomic mass is 16.6. The Morgan fingerprint density at radius 3 is 2.50 bits per heavy atom. The van der Waals surface area contributed by atoms with Gasteiger partial charge in [-0.2, -0.15) is 0 Å². The number of carbonyl (C=O) groups is 1. The molecule has 1 saturated heterocycles. The molecule has 22 heavy (non-hydrogen) atoms. The van der Waals surface area contributed by atoms with Gasteiger partial charge in [0.25, 0.3) is 0 Å². The molecule has 1 aromatic carbocycles. The second-order valence-electron chi connectivity index (χ2n) is 6.12. The Hall–Kier alpha value is -1.79. The molecule has 6 nitrogen and oxygen atoms in total. The van der Waals surface area contributed by atoms with Crippen molar-refractivity contribution in [3.05, 3.63) is 46.0 Å². The lowest BCUT2D eigenvalue weighted by atomic mass is 9.86. The summed E-state index contributed by atoms with van der Waals surface area (Å²) < 4.78 is 5.32. The minimum absolute atomic E-state index is 0.0371. The summed E-state index contributed by atoms with van der Waals surface area (Å²) >= 11 is 0. The predicted molar refractivity (Wildman–Crippen MR) is 80.4 cm³/mol. The van der Waals surface area contributed by atoms with Crippen LogP contribution in [0.1, 0.15) is 24.8 Å². The van der Waals surface area contributed by atoms with Gasteiger partial charge in [-0.05, 0) is 12.5 Å². The van der Waals surface area contributed by atoms with Crippen molar-refractivity contribution < 1.29 is 14.5 Å². The Morgan fingerprint density at radius 2 is 1.91 bits per heavy atom. The van der Waals surface area contributed by atoms with Crippen LogP contribution in [0.2, 0.25) is 0 Å². The van der Waals surface area contributed by atoms with Crippen molar-refractivity contribution in [2.24, 2.45) is 0 Å². The molecule has 1 heterocycles. The summed E-state index contributed by atoms with van der Waals surface area (Å²) in [4.78, 5) is 26.2. The van der Waals surface area contributed by atoms with E-state index in [9.17, 15) is 14.9 Å². The van der Waals surface area contributed by atoms with E-state index < -0.39 is 11.6 Å². The van der Waals surface area contributed by atoms with Crippen LogP contribution in [0.5, 0.6) is 0 Å². The minimum atomic E-state index is -1.05. The zero-order valence-corrected chi connectivity index (χ0v) is 12.6. The van der Waals surface area contributed by atoms with Gasteiger partial charge in [-0.1, -0.05) is 30.3 Å². The summed E-state index contributed by atoms with van der Waals surface area (Å²) in [5.41, 5.74) is -0.178. The molecule has 1 aliphatic carbocycles. The molecule has 0 unspecified atom stereocenters. The predicted octanol–water partition coefficient (Wildman–Crippen LogP) is 1.48. The lowest BCUT2D eigenvalue weighted by Gasteiger charge is -2.40. The van der Waals surface area contributed by atoms with E-state index in [1.165, 1.54) is 0 Å². The van der Waals surface area contributed by atoms with Gasteiger partial charge in [0.15, 0.2) is 5.78 Å². The number of nitro groups is 1. The van der Waals surface area contributed by atoms with E-state index >= 15 is 0 Å². The molecule has 3 atom stereocenters. The second-order valence-corrected chi connectivity index (χ2v) is 6.12. The average molecular weight is 304 g/mol. The molecule has 0 aromatic heterocycles. The molecule has 118 valence electrons. The molecule has 0 amide bonds. The van der Waals surface area contributed by atoms with Gasteiger partial charge in [-0.3, -0.25) is 19.8 Å². The molecule has 2 aliphatic rings. The van der Waals surface area contributed by atoms with Crippen molar-refractivity contribution in [1.82, 2.24) is 4.90 Å². The van der Waals surface area contributed by atoms with E-state index in [0.717, 1.165) is 5.56 Å². The Morgan fingerprint density at radius 1 is 1.27 bits per heavy atom. The molecule has 2 fully saturated rings. The van der Waals surface area contributed by atoms with Gasteiger partial charge in [0, 0.05) is 24.4 Å². The molecule has 0 bridgehead atoms. The van der Waals surface area contributed by atoms with E-state index in [1.807, 2.05) is 35.2 Å². The molecule has 1 saturated carbocycles. The van der Waals surface area contributed by atoms with Crippen LogP contribution in [0, 0.1) is 10.1 Å². The lowest BCUT2D eigenvalue weighted by molar-refractivity contribution is -0.536. The van der Waals surface area contributed by atoms with Crippen molar-refractivity contribution in [1.29, 1.82) is 0 Å². The van der Waals surface area contributed by atoms with Crippen molar-refractivity contribution in [2.45, 2.75) is 30.8 Å². The zero-order chi connectivity index (χ0) is 15.7. The van der Waals surface area contributed by atoms with Gasteiger partial charge >= 0.3 is 0 Å². The molecule has 6 heteroatoms. The monoisotopic (exact) mass is 304 g/mol. The molecular weight excluding hydrogens is 284 g/mol. The summed E-state index contributed by atoms with van der Waals surface area (Å²) in [5.74, 6) is -0.401. The normalized spacial score (nSPS) is 33.0. The van der Waals surface area contributed by atoms with E-state index in [0.29, 0.717) is 26.3 Å². The van der Waals surface area contributed by atoms with Gasteiger partial charge in [0.05, 0.1) is 19.1 Å². The number of nitrogens with zero attached hydrogens (tertiary/aromatic N) is 2. The number of carbonyl (C=O) groups excluding carboxylic acids is 1. The first kappa shape index (κ1) is 15.1. The van der Waals surface area contributed by atoms with Crippen LogP contribution in [0.25, 0.3) is 0 Å². The third-order valence-corrected chi connectivity index (χ3v) is 5.05. The Kier molecular flexibility index (Phi) is 3.97. The fourth-order valence-corrected chi connectivity index (χ4v) is 3.82. The van der Waals surface area contributed by atoms with Crippen molar-refractivity contribution in [3.63, 3.8) is 0 Å². The maximum Gasteiger partial charge on any atom is 0.245 e. The number of benzene rings is 1. The van der Waals surface area contributed by atoms with Gasteiger partial charge in [-0.25, -0.2) is 0 Å². The first-order valence-corrected chi connectivity index (χ1v) is 7.59. The first-order chi connectivity index (χ1) is 10.5. The van der Waals surface area contributed by atoms with Crippen LogP contribution in [-0.2, 0) is 9.53 Å². The molecule has 0 N–H and O–H groups in total. The maximum absolute atomic E-state index is 12.7. The molecule has 1 aromatic rings. The van der Waals surface area contributed by atoms with Crippen molar-refractivity contribution in [3.8, 4) is 0 Å². The second kappa shape index (κ2) is 5.78. The SMILES string of the molecule is C[C@@]1(N2CCOCC2)C(=O)C[C@H](c2ccccc2)[C@@H]1[N+](=O)[O-]. The molecule has 0 spiro atoms. The van der Waals surface area contributed by atoms with E-state index in [4.69, 9.17) is 4.74 Å². The van der Waals surface area contributed by atoms with Gasteiger partial charge in [0.2, 0.25) is 6.04 Å². The fourth-order valence-electron chi connectivity index (χ4n) is 3.82. The highest BCUT2D eigenvalue weighted by Gasteiger charge is 2.62. The largest absolute Gasteiger partial charge is 0.379 e. The van der Waals surface area contributed by atoms with Crippen LogP contribution in [-0.4, -0.2) is 53.5 Å². The summed E-state index contributed by atoms with van der Waals surface area (Å²) in [6.45, 7) is 3.89. The van der Waals surface area contributed by atoms with Crippen LogP contribution in [0.15, 0.2) is 30.3 Å². The number of hydrogen-bond acceptors (Lipinski definition) is 5. The van der Waals surface area contributed by atoms with E-state index in [2.05, 4.69) is 0 Å². The Balaban J connectivity index is 1.99. The molecule has 0 radical (unpaired) electrons. The topological polar surface area (TPSA) is 72.7 Å². The van der Waals surface area contributed by atoms with Crippen LogP contribution < -0.4 is 0 Å². The van der Waals surface area contributed by atoms with Crippen molar-refractivity contribution >= 4 is 5.78 Å². The van der Waals surface area contributed by atoms with Gasteiger partial charge < -0.3 is 4.74 Å². The third-order valence-electron chi connectivity index (χ3n) is 5.05. The van der Waals surface area contributed by atoms with Crippen molar-refractivity contribution in [2.75, 3.05) is 26.3 Å². The van der Waals surface area contributed by atoms with Crippen LogP contribution in [0.3, 0.4) is 0 Å². The number of hydrogen-bond donors (Lipinski definition) is 0. The number of morpholine rings is 1. The summed E-state index contributed by atoms with van der Waals surface area (Å²) in [5, 5.41) is 11.8. The number of ketones is 1. The average Bonchev–Trinajstić information content (AvgIpc) is 2.82. The first-order valence-electron chi connectivity index (χ1n) is 7.59. The number of rotatable bonds is 3. The fraction of sp³-hybridized carbons (Fsp3) is 0.562. The Bertz CT molecular complexity index is 571.